The summed E-state index contributed by atoms with van der Waals surface area (Å²) in [6.07, 6.45) is 83.1. The maximum absolute atomic E-state index is 12.6. The number of allylic oxidation sites excluding steroid dienone is 26. The highest BCUT2D eigenvalue weighted by molar-refractivity contribution is 7.47. The SMILES string of the molecule is CC/C=C\C/C=C\C/C=C\C/C=C\C/C=C\C/C=C\C/C=C\C/C=C\C/C=C\C/C=C\C/C=C\C/C=C\CCCCCCC(=O)OC(COC(=O)CCCCCCC/C=C\CCCC)COP(=O)(O)OCCN. The number of nitrogens with two attached hydrogens (primary N) is 1. The number of rotatable bonds is 50. The molecule has 0 fully saturated rings. The molecule has 0 saturated heterocycles. The number of esters is 2. The second-order valence-corrected chi connectivity index (χ2v) is 19.2. The lowest BCUT2D eigenvalue weighted by Gasteiger charge is -2.19. The number of ether oxygens (including phenoxy) is 2. The number of carbonyl (C=O) groups excluding carboxylic acids is 2. The number of hydrogen-bond donors (Lipinski definition) is 2. The highest BCUT2D eigenvalue weighted by Gasteiger charge is 2.26. The molecule has 2 unspecified atom stereocenters. The van der Waals surface area contributed by atoms with Gasteiger partial charge in [-0.25, -0.2) is 4.57 Å². The van der Waals surface area contributed by atoms with E-state index < -0.39 is 32.5 Å². The normalized spacial score (nSPS) is 14.3. The maximum atomic E-state index is 12.6. The van der Waals surface area contributed by atoms with E-state index in [0.29, 0.717) is 12.8 Å². The predicted molar refractivity (Wildman–Crippen MR) is 311 cm³/mol. The molecule has 0 heterocycles. The Labute approximate surface area is 445 Å². The Hall–Kier alpha value is -4.37. The average Bonchev–Trinajstić information content (AvgIpc) is 3.38. The highest BCUT2D eigenvalue weighted by Crippen LogP contribution is 2.43. The Kier molecular flexibility index (Phi) is 53.5. The molecule has 0 radical (unpaired) electrons. The van der Waals surface area contributed by atoms with Gasteiger partial charge in [0.05, 0.1) is 13.2 Å². The van der Waals surface area contributed by atoms with Crippen LogP contribution in [0.1, 0.15) is 194 Å². The van der Waals surface area contributed by atoms with Gasteiger partial charge in [0.15, 0.2) is 6.10 Å². The van der Waals surface area contributed by atoms with E-state index in [0.717, 1.165) is 141 Å². The summed E-state index contributed by atoms with van der Waals surface area (Å²) >= 11 is 0. The summed E-state index contributed by atoms with van der Waals surface area (Å²) in [5.41, 5.74) is 5.36. The monoisotopic (exact) mass is 1030 g/mol. The lowest BCUT2D eigenvalue weighted by Crippen LogP contribution is -2.29. The van der Waals surface area contributed by atoms with Crippen LogP contribution in [0.4, 0.5) is 0 Å². The van der Waals surface area contributed by atoms with Gasteiger partial charge in [0.1, 0.15) is 6.61 Å². The molecule has 0 amide bonds. The van der Waals surface area contributed by atoms with Crippen molar-refractivity contribution in [2.75, 3.05) is 26.4 Å². The first-order chi connectivity index (χ1) is 35.8. The zero-order valence-corrected chi connectivity index (χ0v) is 46.4. The van der Waals surface area contributed by atoms with Crippen LogP contribution in [0.2, 0.25) is 0 Å². The molecule has 0 rings (SSSR count). The minimum atomic E-state index is -4.40. The van der Waals surface area contributed by atoms with Gasteiger partial charge in [-0.05, 0) is 122 Å². The molecule has 3 N–H and O–H groups in total. The van der Waals surface area contributed by atoms with Crippen molar-refractivity contribution in [3.05, 3.63) is 158 Å². The van der Waals surface area contributed by atoms with Crippen molar-refractivity contribution in [2.24, 2.45) is 5.73 Å². The smallest absolute Gasteiger partial charge is 0.462 e. The standard InChI is InChI=1S/C63H100NO8P/c1-3-5-7-9-11-13-15-16-17-18-19-20-21-22-23-24-25-26-27-28-29-30-31-32-33-34-35-36-37-38-39-40-41-42-43-44-46-48-50-52-54-56-63(66)72-61(60-71-73(67,68)70-58-57-64)59-69-62(65)55-53-51-49-47-45-14-12-10-8-6-4-2/h5,7,10-13,16-17,19-20,22-23,25-26,28-29,31-32,34-35,37-38,40-41,43-44,61H,3-4,6,8-9,14-15,18,21,24,27,30,33,36,39,42,45-60,64H2,1-2H3,(H,67,68)/b7-5-,12-10-,13-11-,17-16-,20-19-,23-22-,26-25-,29-28-,32-31-,35-34-,38-37-,41-40-,44-43-. The van der Waals surface area contributed by atoms with Crippen molar-refractivity contribution < 1.29 is 37.6 Å². The third kappa shape index (κ3) is 56.8. The molecule has 0 aliphatic heterocycles. The van der Waals surface area contributed by atoms with Crippen LogP contribution in [0.3, 0.4) is 0 Å². The fourth-order valence-electron chi connectivity index (χ4n) is 6.77. The lowest BCUT2D eigenvalue weighted by atomic mass is 10.1. The average molecular weight is 1030 g/mol. The first-order valence-corrected chi connectivity index (χ1v) is 29.5. The molecular formula is C63H100NO8P. The number of phosphoric ester groups is 1. The summed E-state index contributed by atoms with van der Waals surface area (Å²) in [6.45, 7) is 3.51. The zero-order chi connectivity index (χ0) is 53.1. The fraction of sp³-hybridized carbons (Fsp3) is 0.556. The van der Waals surface area contributed by atoms with Crippen LogP contribution < -0.4 is 5.73 Å². The van der Waals surface area contributed by atoms with Crippen LogP contribution in [0.25, 0.3) is 0 Å². The number of hydrogen-bond acceptors (Lipinski definition) is 8. The third-order valence-corrected chi connectivity index (χ3v) is 11.9. The molecule has 0 spiro atoms. The number of unbranched alkanes of at least 4 members (excludes halogenated alkanes) is 11. The summed E-state index contributed by atoms with van der Waals surface area (Å²) in [5, 5.41) is 0. The molecule has 2 atom stereocenters. The van der Waals surface area contributed by atoms with Gasteiger partial charge in [0, 0.05) is 19.4 Å². The Morgan fingerprint density at radius 3 is 1.14 bits per heavy atom. The van der Waals surface area contributed by atoms with Crippen LogP contribution in [-0.4, -0.2) is 49.3 Å². The summed E-state index contributed by atoms with van der Waals surface area (Å²) in [4.78, 5) is 35.0. The van der Waals surface area contributed by atoms with E-state index in [1.807, 2.05) is 0 Å². The van der Waals surface area contributed by atoms with Crippen LogP contribution in [0, 0.1) is 0 Å². The molecule has 0 aromatic carbocycles. The van der Waals surface area contributed by atoms with E-state index >= 15 is 0 Å². The van der Waals surface area contributed by atoms with Crippen molar-refractivity contribution >= 4 is 19.8 Å². The van der Waals surface area contributed by atoms with Gasteiger partial charge in [-0.15, -0.1) is 0 Å². The van der Waals surface area contributed by atoms with Gasteiger partial charge >= 0.3 is 19.8 Å². The van der Waals surface area contributed by atoms with E-state index in [1.165, 1.54) is 12.8 Å². The maximum Gasteiger partial charge on any atom is 0.472 e. The minimum absolute atomic E-state index is 0.0398. The van der Waals surface area contributed by atoms with Crippen molar-refractivity contribution in [1.82, 2.24) is 0 Å². The van der Waals surface area contributed by atoms with Gasteiger partial charge in [-0.1, -0.05) is 217 Å². The highest BCUT2D eigenvalue weighted by atomic mass is 31.2. The predicted octanol–water partition coefficient (Wildman–Crippen LogP) is 17.7. The molecule has 9 nitrogen and oxygen atoms in total. The summed E-state index contributed by atoms with van der Waals surface area (Å²) in [6, 6.07) is 0. The first kappa shape index (κ1) is 68.6. The molecule has 0 aliphatic carbocycles. The zero-order valence-electron chi connectivity index (χ0n) is 45.5. The Morgan fingerprint density at radius 2 is 0.753 bits per heavy atom. The molecule has 0 aromatic heterocycles. The summed E-state index contributed by atoms with van der Waals surface area (Å²) < 4.78 is 32.8. The van der Waals surface area contributed by atoms with Crippen molar-refractivity contribution in [3.63, 3.8) is 0 Å². The third-order valence-electron chi connectivity index (χ3n) is 10.9. The summed E-state index contributed by atoms with van der Waals surface area (Å²) in [5.74, 6) is -0.883. The largest absolute Gasteiger partial charge is 0.472 e. The molecule has 0 bridgehead atoms. The molecule has 10 heteroatoms. The van der Waals surface area contributed by atoms with E-state index in [4.69, 9.17) is 24.3 Å². The van der Waals surface area contributed by atoms with Gasteiger partial charge in [0.2, 0.25) is 0 Å². The Balaban J connectivity index is 4.05. The van der Waals surface area contributed by atoms with Crippen LogP contribution in [-0.2, 0) is 32.7 Å². The first-order valence-electron chi connectivity index (χ1n) is 28.0. The molecule has 73 heavy (non-hydrogen) atoms. The Morgan fingerprint density at radius 1 is 0.425 bits per heavy atom. The van der Waals surface area contributed by atoms with Crippen molar-refractivity contribution in [3.8, 4) is 0 Å². The quantitative estimate of drug-likeness (QED) is 0.0264. The van der Waals surface area contributed by atoms with Gasteiger partial charge < -0.3 is 20.1 Å². The van der Waals surface area contributed by atoms with Crippen LogP contribution in [0.15, 0.2) is 158 Å². The minimum Gasteiger partial charge on any atom is -0.462 e. The fourth-order valence-corrected chi connectivity index (χ4v) is 7.54. The van der Waals surface area contributed by atoms with E-state index in [2.05, 4.69) is 172 Å². The molecule has 0 saturated carbocycles. The van der Waals surface area contributed by atoms with E-state index in [9.17, 15) is 19.0 Å². The Bertz CT molecular complexity index is 1740. The molecule has 0 aliphatic rings. The van der Waals surface area contributed by atoms with E-state index in [-0.39, 0.29) is 32.6 Å². The molecule has 0 aromatic rings. The van der Waals surface area contributed by atoms with Gasteiger partial charge in [-0.2, -0.15) is 0 Å². The van der Waals surface area contributed by atoms with Crippen LogP contribution >= 0.6 is 7.82 Å². The van der Waals surface area contributed by atoms with Crippen molar-refractivity contribution in [2.45, 2.75) is 200 Å². The second kappa shape index (κ2) is 56.9. The van der Waals surface area contributed by atoms with Gasteiger partial charge in [0.25, 0.3) is 0 Å². The topological polar surface area (TPSA) is 134 Å². The van der Waals surface area contributed by atoms with E-state index in [1.54, 1.807) is 0 Å². The van der Waals surface area contributed by atoms with Crippen molar-refractivity contribution in [1.29, 1.82) is 0 Å². The van der Waals surface area contributed by atoms with Crippen LogP contribution in [0.5, 0.6) is 0 Å². The number of carbonyl (C=O) groups is 2. The van der Waals surface area contributed by atoms with Gasteiger partial charge in [-0.3, -0.25) is 18.6 Å². The summed E-state index contributed by atoms with van der Waals surface area (Å²) in [7, 11) is -4.40. The lowest BCUT2D eigenvalue weighted by molar-refractivity contribution is -0.161. The second-order valence-electron chi connectivity index (χ2n) is 17.7. The number of phosphoric acid groups is 1. The molecule has 410 valence electrons. The molecular weight excluding hydrogens is 930 g/mol.